The van der Waals surface area contributed by atoms with Crippen molar-refractivity contribution in [1.82, 2.24) is 10.2 Å². The largest absolute Gasteiger partial charge is 0.356 e. The zero-order valence-electron chi connectivity index (χ0n) is 14.6. The van der Waals surface area contributed by atoms with Gasteiger partial charge in [0, 0.05) is 31.1 Å². The first-order valence-corrected chi connectivity index (χ1v) is 8.40. The van der Waals surface area contributed by atoms with Crippen molar-refractivity contribution in [2.24, 2.45) is 16.3 Å². The molecule has 120 valence electrons. The van der Waals surface area contributed by atoms with Crippen molar-refractivity contribution in [2.75, 3.05) is 20.1 Å². The second kappa shape index (κ2) is 5.29. The van der Waals surface area contributed by atoms with Crippen LogP contribution in [0.4, 0.5) is 0 Å². The molecule has 0 amide bonds. The first kappa shape index (κ1) is 15.4. The molecule has 0 radical (unpaired) electrons. The predicted molar refractivity (Wildman–Crippen MR) is 93.2 cm³/mol. The maximum absolute atomic E-state index is 4.50. The van der Waals surface area contributed by atoms with E-state index in [1.54, 1.807) is 0 Å². The highest BCUT2D eigenvalue weighted by Gasteiger charge is 2.53. The van der Waals surface area contributed by atoms with Crippen LogP contribution in [0.25, 0.3) is 0 Å². The summed E-state index contributed by atoms with van der Waals surface area (Å²) >= 11 is 0. The number of hydrogen-bond donors (Lipinski definition) is 1. The molecule has 2 atom stereocenters. The van der Waals surface area contributed by atoms with Crippen molar-refractivity contribution in [1.29, 1.82) is 0 Å². The molecular weight excluding hydrogens is 270 g/mol. The summed E-state index contributed by atoms with van der Waals surface area (Å²) in [5, 5.41) is 3.60. The van der Waals surface area contributed by atoms with Gasteiger partial charge in [0.05, 0.1) is 0 Å². The van der Waals surface area contributed by atoms with Crippen LogP contribution in [-0.2, 0) is 0 Å². The Labute approximate surface area is 134 Å². The Morgan fingerprint density at radius 2 is 1.91 bits per heavy atom. The maximum Gasteiger partial charge on any atom is 0.194 e. The molecule has 0 spiro atoms. The van der Waals surface area contributed by atoms with E-state index in [1.165, 1.54) is 12.0 Å². The minimum absolute atomic E-state index is 0.164. The molecule has 22 heavy (non-hydrogen) atoms. The van der Waals surface area contributed by atoms with E-state index in [2.05, 4.69) is 73.2 Å². The van der Waals surface area contributed by atoms with Gasteiger partial charge >= 0.3 is 0 Å². The van der Waals surface area contributed by atoms with Crippen molar-refractivity contribution >= 4 is 5.96 Å². The van der Waals surface area contributed by atoms with Crippen LogP contribution in [0, 0.1) is 11.3 Å². The van der Waals surface area contributed by atoms with Gasteiger partial charge in [0.2, 0.25) is 0 Å². The smallest absolute Gasteiger partial charge is 0.194 e. The number of guanidine groups is 1. The number of nitrogens with zero attached hydrogens (tertiary/aromatic N) is 2. The number of nitrogens with one attached hydrogen (secondary N) is 1. The van der Waals surface area contributed by atoms with Crippen molar-refractivity contribution in [3.63, 3.8) is 0 Å². The highest BCUT2D eigenvalue weighted by Crippen LogP contribution is 2.48. The second-order valence-corrected chi connectivity index (χ2v) is 7.97. The van der Waals surface area contributed by atoms with Crippen LogP contribution in [0.1, 0.15) is 45.6 Å². The lowest BCUT2D eigenvalue weighted by Gasteiger charge is -2.62. The Kier molecular flexibility index (Phi) is 3.70. The van der Waals surface area contributed by atoms with Gasteiger partial charge in [0.25, 0.3) is 0 Å². The number of rotatable bonds is 3. The fourth-order valence-electron chi connectivity index (χ4n) is 3.50. The third kappa shape index (κ3) is 2.51. The highest BCUT2D eigenvalue weighted by atomic mass is 15.4. The number of likely N-dealkylation sites (tertiary alicyclic amines) is 1. The van der Waals surface area contributed by atoms with Crippen LogP contribution in [-0.4, -0.2) is 36.5 Å². The van der Waals surface area contributed by atoms with Gasteiger partial charge in [-0.15, -0.1) is 0 Å². The highest BCUT2D eigenvalue weighted by molar-refractivity contribution is 5.82. The van der Waals surface area contributed by atoms with E-state index in [1.807, 2.05) is 7.05 Å². The molecule has 2 aliphatic rings. The van der Waals surface area contributed by atoms with Crippen molar-refractivity contribution in [2.45, 2.75) is 45.6 Å². The van der Waals surface area contributed by atoms with Gasteiger partial charge < -0.3 is 10.2 Å². The molecular formula is C19H29N3. The molecule has 1 aliphatic carbocycles. The van der Waals surface area contributed by atoms with Crippen molar-refractivity contribution in [3.8, 4) is 0 Å². The molecule has 3 nitrogen and oxygen atoms in total. The van der Waals surface area contributed by atoms with E-state index < -0.39 is 0 Å². The molecule has 2 unspecified atom stereocenters. The van der Waals surface area contributed by atoms with Gasteiger partial charge in [-0.05, 0) is 37.7 Å². The Morgan fingerprint density at radius 1 is 1.23 bits per heavy atom. The first-order chi connectivity index (χ1) is 10.4. The summed E-state index contributed by atoms with van der Waals surface area (Å²) in [4.78, 5) is 6.91. The Morgan fingerprint density at radius 3 is 2.45 bits per heavy atom. The minimum atomic E-state index is 0.164. The average molecular weight is 299 g/mol. The fraction of sp³-hybridized carbons (Fsp3) is 0.632. The van der Waals surface area contributed by atoms with Crippen LogP contribution in [0.2, 0.25) is 0 Å². The SMILES string of the molecule is CN=C(NCC1CC1c1ccccc1)N1CC(C)(C)C1(C)C. The normalized spacial score (nSPS) is 29.0. The molecule has 1 aromatic carbocycles. The third-order valence-corrected chi connectivity index (χ3v) is 6.02. The summed E-state index contributed by atoms with van der Waals surface area (Å²) in [5.74, 6) is 2.53. The van der Waals surface area contributed by atoms with Crippen LogP contribution in [0.3, 0.4) is 0 Å². The molecule has 2 fully saturated rings. The number of hydrogen-bond acceptors (Lipinski definition) is 1. The Hall–Kier alpha value is -1.51. The monoisotopic (exact) mass is 299 g/mol. The predicted octanol–water partition coefficient (Wildman–Crippen LogP) is 3.49. The van der Waals surface area contributed by atoms with Gasteiger partial charge in [0.15, 0.2) is 5.96 Å². The molecule has 0 aromatic heterocycles. The second-order valence-electron chi connectivity index (χ2n) is 7.97. The molecule has 1 saturated heterocycles. The summed E-state index contributed by atoms with van der Waals surface area (Å²) in [6.07, 6.45) is 1.29. The molecule has 1 aromatic rings. The fourth-order valence-corrected chi connectivity index (χ4v) is 3.50. The lowest BCUT2D eigenvalue weighted by Crippen LogP contribution is -2.72. The van der Waals surface area contributed by atoms with Crippen LogP contribution in [0.5, 0.6) is 0 Å². The van der Waals surface area contributed by atoms with E-state index in [-0.39, 0.29) is 5.54 Å². The number of aliphatic imine (C=N–C) groups is 1. The first-order valence-electron chi connectivity index (χ1n) is 8.40. The number of benzene rings is 1. The Bertz CT molecular complexity index is 559. The van der Waals surface area contributed by atoms with E-state index in [0.717, 1.165) is 30.9 Å². The molecule has 1 heterocycles. The van der Waals surface area contributed by atoms with E-state index in [9.17, 15) is 0 Å². The van der Waals surface area contributed by atoms with Gasteiger partial charge in [-0.2, -0.15) is 0 Å². The molecule has 3 rings (SSSR count). The van der Waals surface area contributed by atoms with Gasteiger partial charge in [-0.3, -0.25) is 4.99 Å². The van der Waals surface area contributed by atoms with Gasteiger partial charge in [0.1, 0.15) is 0 Å². The third-order valence-electron chi connectivity index (χ3n) is 6.02. The molecule has 1 N–H and O–H groups in total. The zero-order chi connectivity index (χ0) is 16.0. The van der Waals surface area contributed by atoms with E-state index in [0.29, 0.717) is 5.41 Å². The standard InChI is InChI=1S/C19H29N3/c1-18(2)13-22(19(18,3)4)17(20-5)21-12-15-11-16(15)14-9-7-6-8-10-14/h6-10,15-16H,11-13H2,1-5H3,(H,20,21). The lowest BCUT2D eigenvalue weighted by molar-refractivity contribution is -0.0667. The summed E-state index contributed by atoms with van der Waals surface area (Å²) in [6, 6.07) is 10.9. The van der Waals surface area contributed by atoms with Gasteiger partial charge in [-0.1, -0.05) is 44.2 Å². The van der Waals surface area contributed by atoms with Crippen LogP contribution >= 0.6 is 0 Å². The average Bonchev–Trinajstić information content (AvgIpc) is 3.27. The van der Waals surface area contributed by atoms with Crippen molar-refractivity contribution < 1.29 is 0 Å². The summed E-state index contributed by atoms with van der Waals surface area (Å²) in [6.45, 7) is 11.4. The van der Waals surface area contributed by atoms with E-state index >= 15 is 0 Å². The van der Waals surface area contributed by atoms with Crippen LogP contribution in [0.15, 0.2) is 35.3 Å². The zero-order valence-corrected chi connectivity index (χ0v) is 14.6. The quantitative estimate of drug-likeness (QED) is 0.683. The molecule has 3 heteroatoms. The minimum Gasteiger partial charge on any atom is -0.356 e. The van der Waals surface area contributed by atoms with Crippen LogP contribution < -0.4 is 5.32 Å². The molecule has 0 bridgehead atoms. The Balaban J connectivity index is 1.54. The summed E-state index contributed by atoms with van der Waals surface area (Å²) < 4.78 is 0. The van der Waals surface area contributed by atoms with E-state index in [4.69, 9.17) is 0 Å². The maximum atomic E-state index is 4.50. The topological polar surface area (TPSA) is 27.6 Å². The van der Waals surface area contributed by atoms with Gasteiger partial charge in [-0.25, -0.2) is 0 Å². The molecule has 1 aliphatic heterocycles. The lowest BCUT2D eigenvalue weighted by atomic mass is 9.65. The molecule has 1 saturated carbocycles. The summed E-state index contributed by atoms with van der Waals surface area (Å²) in [5.41, 5.74) is 1.99. The summed E-state index contributed by atoms with van der Waals surface area (Å²) in [7, 11) is 1.89. The van der Waals surface area contributed by atoms with Crippen molar-refractivity contribution in [3.05, 3.63) is 35.9 Å².